The van der Waals surface area contributed by atoms with Gasteiger partial charge in [0.25, 0.3) is 5.91 Å². The number of aromatic nitrogens is 1. The summed E-state index contributed by atoms with van der Waals surface area (Å²) in [5.74, 6) is 0.161. The lowest BCUT2D eigenvalue weighted by atomic mass is 10.3. The van der Waals surface area contributed by atoms with Gasteiger partial charge in [-0.05, 0) is 30.0 Å². The molecule has 1 aliphatic rings. The van der Waals surface area contributed by atoms with Crippen LogP contribution in [0.3, 0.4) is 0 Å². The summed E-state index contributed by atoms with van der Waals surface area (Å²) in [5, 5.41) is 1.99. The molecule has 1 saturated heterocycles. The average Bonchev–Trinajstić information content (AvgIpc) is 3.16. The number of amides is 2. The topological polar surface area (TPSA) is 56.4 Å². The van der Waals surface area contributed by atoms with Crippen molar-refractivity contribution in [2.45, 2.75) is 12.8 Å². The molecule has 2 amide bonds. The Hall–Kier alpha value is -2.08. The van der Waals surface area contributed by atoms with Gasteiger partial charge in [-0.25, -0.2) is 0 Å². The normalized spacial score (nSPS) is 15.6. The highest BCUT2D eigenvalue weighted by Gasteiger charge is 2.23. The summed E-state index contributed by atoms with van der Waals surface area (Å²) in [5.41, 5.74) is 0.610. The van der Waals surface area contributed by atoms with Crippen LogP contribution in [-0.4, -0.2) is 52.8 Å². The van der Waals surface area contributed by atoms with Crippen LogP contribution >= 0.6 is 11.3 Å². The number of hydrogen-bond acceptors (Lipinski definition) is 3. The van der Waals surface area contributed by atoms with Crippen LogP contribution in [0.5, 0.6) is 0 Å². The van der Waals surface area contributed by atoms with E-state index in [0.29, 0.717) is 31.7 Å². The molecule has 1 aliphatic heterocycles. The van der Waals surface area contributed by atoms with Crippen LogP contribution in [0.4, 0.5) is 0 Å². The summed E-state index contributed by atoms with van der Waals surface area (Å²) in [6.07, 6.45) is 3.03. The fourth-order valence-electron chi connectivity index (χ4n) is 2.68. The zero-order valence-electron chi connectivity index (χ0n) is 12.3. The highest BCUT2D eigenvalue weighted by molar-refractivity contribution is 7.10. The standard InChI is InChI=1S/C16H19N3O2S/c20-15(12-13-4-2-11-22-13)18-7-3-8-19(10-9-18)16(21)14-5-1-6-17-14/h1-2,4-6,11,17H,3,7-10,12H2. The van der Waals surface area contributed by atoms with E-state index in [1.54, 1.807) is 23.6 Å². The van der Waals surface area contributed by atoms with Crippen LogP contribution in [0.25, 0.3) is 0 Å². The van der Waals surface area contributed by atoms with Crippen molar-refractivity contribution in [1.82, 2.24) is 14.8 Å². The van der Waals surface area contributed by atoms with Crippen molar-refractivity contribution >= 4 is 23.2 Å². The van der Waals surface area contributed by atoms with Crippen LogP contribution in [0.15, 0.2) is 35.8 Å². The van der Waals surface area contributed by atoms with E-state index in [1.165, 1.54) is 0 Å². The third kappa shape index (κ3) is 3.39. The molecule has 0 radical (unpaired) electrons. The van der Waals surface area contributed by atoms with Crippen molar-refractivity contribution in [3.63, 3.8) is 0 Å². The molecule has 3 rings (SSSR count). The van der Waals surface area contributed by atoms with E-state index in [1.807, 2.05) is 33.4 Å². The number of nitrogens with one attached hydrogen (secondary N) is 1. The zero-order valence-corrected chi connectivity index (χ0v) is 13.1. The van der Waals surface area contributed by atoms with E-state index in [0.717, 1.165) is 17.8 Å². The third-order valence-electron chi connectivity index (χ3n) is 3.87. The Labute approximate surface area is 133 Å². The number of carbonyl (C=O) groups is 2. The van der Waals surface area contributed by atoms with Crippen molar-refractivity contribution in [1.29, 1.82) is 0 Å². The van der Waals surface area contributed by atoms with Crippen LogP contribution in [0.1, 0.15) is 21.8 Å². The molecule has 2 aromatic rings. The molecule has 5 nitrogen and oxygen atoms in total. The second-order valence-corrected chi connectivity index (χ2v) is 6.40. The minimum atomic E-state index is 0.0116. The van der Waals surface area contributed by atoms with E-state index >= 15 is 0 Å². The molecule has 0 atom stereocenters. The lowest BCUT2D eigenvalue weighted by molar-refractivity contribution is -0.130. The van der Waals surface area contributed by atoms with Crippen LogP contribution in [-0.2, 0) is 11.2 Å². The van der Waals surface area contributed by atoms with Gasteiger partial charge in [0.05, 0.1) is 6.42 Å². The Bertz CT molecular complexity index is 622. The quantitative estimate of drug-likeness (QED) is 0.941. The molecule has 0 spiro atoms. The molecule has 6 heteroatoms. The molecule has 3 heterocycles. The number of H-pyrrole nitrogens is 1. The maximum Gasteiger partial charge on any atom is 0.270 e. The number of hydrogen-bond donors (Lipinski definition) is 1. The number of rotatable bonds is 3. The first-order chi connectivity index (χ1) is 10.7. The molecule has 116 valence electrons. The Kier molecular flexibility index (Phi) is 4.58. The predicted octanol–water partition coefficient (Wildman–Crippen LogP) is 1.99. The van der Waals surface area contributed by atoms with Gasteiger partial charge in [0, 0.05) is 37.3 Å². The second-order valence-electron chi connectivity index (χ2n) is 5.37. The van der Waals surface area contributed by atoms with Gasteiger partial charge in [0.2, 0.25) is 5.91 Å². The molecule has 0 bridgehead atoms. The van der Waals surface area contributed by atoms with Gasteiger partial charge in [-0.3, -0.25) is 9.59 Å². The molecular formula is C16H19N3O2S. The third-order valence-corrected chi connectivity index (χ3v) is 4.75. The van der Waals surface area contributed by atoms with Crippen molar-refractivity contribution < 1.29 is 9.59 Å². The van der Waals surface area contributed by atoms with E-state index in [2.05, 4.69) is 4.98 Å². The van der Waals surface area contributed by atoms with E-state index < -0.39 is 0 Å². The van der Waals surface area contributed by atoms with Crippen molar-refractivity contribution in [3.8, 4) is 0 Å². The first-order valence-electron chi connectivity index (χ1n) is 7.47. The summed E-state index contributed by atoms with van der Waals surface area (Å²) in [6, 6.07) is 7.56. The Balaban J connectivity index is 1.57. The van der Waals surface area contributed by atoms with Crippen LogP contribution < -0.4 is 0 Å². The smallest absolute Gasteiger partial charge is 0.270 e. The number of thiophene rings is 1. The maximum atomic E-state index is 12.3. The minimum Gasteiger partial charge on any atom is -0.357 e. The molecular weight excluding hydrogens is 298 g/mol. The zero-order chi connectivity index (χ0) is 15.4. The van der Waals surface area contributed by atoms with Gasteiger partial charge >= 0.3 is 0 Å². The Morgan fingerprint density at radius 1 is 1.09 bits per heavy atom. The van der Waals surface area contributed by atoms with Crippen molar-refractivity contribution in [2.24, 2.45) is 0 Å². The summed E-state index contributed by atoms with van der Waals surface area (Å²) >= 11 is 1.61. The predicted molar refractivity (Wildman–Crippen MR) is 85.9 cm³/mol. The highest BCUT2D eigenvalue weighted by Crippen LogP contribution is 2.13. The SMILES string of the molecule is O=C(Cc1cccs1)N1CCCN(C(=O)c2ccc[nH]2)CC1. The Morgan fingerprint density at radius 3 is 2.64 bits per heavy atom. The largest absolute Gasteiger partial charge is 0.357 e. The molecule has 22 heavy (non-hydrogen) atoms. The van der Waals surface area contributed by atoms with E-state index in [-0.39, 0.29) is 11.8 Å². The summed E-state index contributed by atoms with van der Waals surface area (Å²) in [6.45, 7) is 2.62. The van der Waals surface area contributed by atoms with E-state index in [9.17, 15) is 9.59 Å². The lowest BCUT2D eigenvalue weighted by Crippen LogP contribution is -2.38. The van der Waals surface area contributed by atoms with Crippen molar-refractivity contribution in [2.75, 3.05) is 26.2 Å². The van der Waals surface area contributed by atoms with Gasteiger partial charge in [0.15, 0.2) is 0 Å². The van der Waals surface area contributed by atoms with Crippen molar-refractivity contribution in [3.05, 3.63) is 46.4 Å². The summed E-state index contributed by atoms with van der Waals surface area (Å²) < 4.78 is 0. The molecule has 0 unspecified atom stereocenters. The fraction of sp³-hybridized carbons (Fsp3) is 0.375. The van der Waals surface area contributed by atoms with Gasteiger partial charge in [-0.1, -0.05) is 6.07 Å². The van der Waals surface area contributed by atoms with E-state index in [4.69, 9.17) is 0 Å². The van der Waals surface area contributed by atoms with Gasteiger partial charge in [-0.2, -0.15) is 0 Å². The highest BCUT2D eigenvalue weighted by atomic mass is 32.1. The van der Waals surface area contributed by atoms with Gasteiger partial charge < -0.3 is 14.8 Å². The fourth-order valence-corrected chi connectivity index (χ4v) is 3.37. The summed E-state index contributed by atoms with van der Waals surface area (Å²) in [4.78, 5) is 32.4. The molecule has 0 saturated carbocycles. The molecule has 1 N–H and O–H groups in total. The average molecular weight is 317 g/mol. The van der Waals surface area contributed by atoms with Crippen LogP contribution in [0.2, 0.25) is 0 Å². The molecule has 2 aromatic heterocycles. The first-order valence-corrected chi connectivity index (χ1v) is 8.35. The number of aromatic amines is 1. The molecule has 1 fully saturated rings. The maximum absolute atomic E-state index is 12.3. The lowest BCUT2D eigenvalue weighted by Gasteiger charge is -2.21. The number of nitrogens with zero attached hydrogens (tertiary/aromatic N) is 2. The monoisotopic (exact) mass is 317 g/mol. The molecule has 0 aromatic carbocycles. The Morgan fingerprint density at radius 2 is 1.91 bits per heavy atom. The molecule has 0 aliphatic carbocycles. The van der Waals surface area contributed by atoms with Gasteiger partial charge in [-0.15, -0.1) is 11.3 Å². The number of carbonyl (C=O) groups excluding carboxylic acids is 2. The van der Waals surface area contributed by atoms with Gasteiger partial charge in [0.1, 0.15) is 5.69 Å². The first kappa shape index (κ1) is 14.8. The van der Waals surface area contributed by atoms with Crippen LogP contribution in [0, 0.1) is 0 Å². The minimum absolute atomic E-state index is 0.0116. The summed E-state index contributed by atoms with van der Waals surface area (Å²) in [7, 11) is 0. The second kappa shape index (κ2) is 6.79.